The number of halogens is 1. The van der Waals surface area contributed by atoms with Crippen molar-refractivity contribution in [1.82, 2.24) is 0 Å². The molecule has 0 nitrogen and oxygen atoms in total. The molecule has 1 rings (SSSR count). The zero-order chi connectivity index (χ0) is 5.54. The molecule has 0 radical (unpaired) electrons. The molecule has 0 atom stereocenters. The normalized spacial score (nSPS) is 6.43. The first kappa shape index (κ1) is 7.51. The van der Waals surface area contributed by atoms with E-state index in [1.54, 1.807) is 11.3 Å². The zero-order valence-corrected chi connectivity index (χ0v) is 6.15. The van der Waals surface area contributed by atoms with Gasteiger partial charge in [-0.3, -0.25) is 0 Å². The van der Waals surface area contributed by atoms with E-state index in [1.807, 2.05) is 17.5 Å². The first-order chi connectivity index (χ1) is 3.50. The molecule has 0 amide bonds. The maximum atomic E-state index is 4.45. The summed E-state index contributed by atoms with van der Waals surface area (Å²) in [7, 11) is 4.45. The number of hydrogen-bond donors (Lipinski definition) is 0. The molecule has 39 valence electrons. The van der Waals surface area contributed by atoms with E-state index in [-0.39, 0.29) is 0 Å². The maximum Gasteiger partial charge on any atom is -0.124 e. The van der Waals surface area contributed by atoms with Crippen LogP contribution in [0.5, 0.6) is 0 Å². The summed E-state index contributed by atoms with van der Waals surface area (Å²) in [6.07, 6.45) is 0. The summed E-state index contributed by atoms with van der Waals surface area (Å²) in [4.78, 5) is 0. The Labute approximate surface area is 59.5 Å². The molecule has 0 aromatic carbocycles. The molecule has 3 heteroatoms. The third kappa shape index (κ3) is 4.36. The van der Waals surface area contributed by atoms with Gasteiger partial charge in [-0.2, -0.15) is 11.4 Å². The summed E-state index contributed by atoms with van der Waals surface area (Å²) >= 11 is 4.00. The van der Waals surface area contributed by atoms with Crippen LogP contribution in [0.3, 0.4) is 0 Å². The molecular formula is C4H3ClMnS. The van der Waals surface area contributed by atoms with Crippen LogP contribution in [0.2, 0.25) is 0 Å². The zero-order valence-electron chi connectivity index (χ0n) is 3.40. The summed E-state index contributed by atoms with van der Waals surface area (Å²) in [6.45, 7) is 0. The second kappa shape index (κ2) is 6.51. The molecule has 1 aromatic rings. The molecule has 0 aliphatic heterocycles. The SMILES string of the molecule is [Cl][Mn+].[c-]1cccs1. The Hall–Kier alpha value is 0.509. The Balaban J connectivity index is 0.000000162. The predicted octanol–water partition coefficient (Wildman–Crippen LogP) is 2.24. The van der Waals surface area contributed by atoms with Gasteiger partial charge in [-0.15, -0.1) is 5.38 Å². The maximum absolute atomic E-state index is 4.45. The molecule has 0 N–H and O–H groups in total. The van der Waals surface area contributed by atoms with E-state index >= 15 is 0 Å². The van der Waals surface area contributed by atoms with Crippen molar-refractivity contribution in [3.63, 3.8) is 0 Å². The van der Waals surface area contributed by atoms with Crippen molar-refractivity contribution < 1.29 is 15.1 Å². The van der Waals surface area contributed by atoms with E-state index in [0.29, 0.717) is 0 Å². The molecule has 0 aliphatic rings. The van der Waals surface area contributed by atoms with Gasteiger partial charge in [-0.25, -0.2) is 6.07 Å². The van der Waals surface area contributed by atoms with Crippen LogP contribution in [-0.2, 0) is 15.1 Å². The minimum Gasteiger partial charge on any atom is -0.304 e. The Morgan fingerprint density at radius 2 is 2.29 bits per heavy atom. The van der Waals surface area contributed by atoms with E-state index in [2.05, 4.69) is 30.6 Å². The van der Waals surface area contributed by atoms with E-state index in [4.69, 9.17) is 0 Å². The third-order valence-corrected chi connectivity index (χ3v) is 0.944. The average molecular weight is 174 g/mol. The fourth-order valence-corrected chi connectivity index (χ4v) is 0.589. The van der Waals surface area contributed by atoms with Gasteiger partial charge in [0.15, 0.2) is 0 Å². The smallest absolute Gasteiger partial charge is 0.124 e. The minimum absolute atomic E-state index is 1.59. The van der Waals surface area contributed by atoms with E-state index in [1.165, 1.54) is 0 Å². The van der Waals surface area contributed by atoms with Crippen molar-refractivity contribution in [2.75, 3.05) is 0 Å². The molecule has 0 bridgehead atoms. The van der Waals surface area contributed by atoms with Gasteiger partial charge >= 0.3 is 25.2 Å². The van der Waals surface area contributed by atoms with Crippen LogP contribution >= 0.6 is 21.4 Å². The summed E-state index contributed by atoms with van der Waals surface area (Å²) in [5, 5.41) is 4.89. The Morgan fingerprint density at radius 3 is 2.43 bits per heavy atom. The molecule has 0 fully saturated rings. The van der Waals surface area contributed by atoms with Crippen molar-refractivity contribution >= 4 is 21.4 Å². The number of thiophene rings is 1. The predicted molar refractivity (Wildman–Crippen MR) is 29.0 cm³/mol. The number of hydrogen-bond acceptors (Lipinski definition) is 1. The van der Waals surface area contributed by atoms with Crippen LogP contribution in [0.15, 0.2) is 17.5 Å². The quantitative estimate of drug-likeness (QED) is 0.417. The van der Waals surface area contributed by atoms with E-state index in [0.717, 1.165) is 0 Å². The van der Waals surface area contributed by atoms with Crippen molar-refractivity contribution in [1.29, 1.82) is 0 Å². The van der Waals surface area contributed by atoms with Crippen LogP contribution in [-0.4, -0.2) is 0 Å². The molecule has 7 heavy (non-hydrogen) atoms. The number of rotatable bonds is 0. The van der Waals surface area contributed by atoms with Crippen LogP contribution in [0.25, 0.3) is 0 Å². The Morgan fingerprint density at radius 1 is 1.57 bits per heavy atom. The molecule has 0 aliphatic carbocycles. The van der Waals surface area contributed by atoms with Gasteiger partial charge < -0.3 is 11.3 Å². The summed E-state index contributed by atoms with van der Waals surface area (Å²) in [5.74, 6) is 0. The topological polar surface area (TPSA) is 0 Å². The van der Waals surface area contributed by atoms with Crippen molar-refractivity contribution in [3.05, 3.63) is 22.9 Å². The van der Waals surface area contributed by atoms with Gasteiger partial charge in [0.1, 0.15) is 0 Å². The third-order valence-electron chi connectivity index (χ3n) is 0.379. The summed E-state index contributed by atoms with van der Waals surface area (Å²) in [5.41, 5.74) is 0. The molecule has 0 unspecified atom stereocenters. The van der Waals surface area contributed by atoms with Gasteiger partial charge in [0, 0.05) is 0 Å². The largest absolute Gasteiger partial charge is 0.304 e. The van der Waals surface area contributed by atoms with Gasteiger partial charge in [0.2, 0.25) is 0 Å². The van der Waals surface area contributed by atoms with Crippen molar-refractivity contribution in [3.8, 4) is 0 Å². The van der Waals surface area contributed by atoms with Crippen molar-refractivity contribution in [2.24, 2.45) is 0 Å². The van der Waals surface area contributed by atoms with Gasteiger partial charge in [0.25, 0.3) is 0 Å². The van der Waals surface area contributed by atoms with Crippen LogP contribution in [0, 0.1) is 5.38 Å². The molecule has 0 saturated carbocycles. The fourth-order valence-electron chi connectivity index (χ4n) is 0.196. The molecule has 0 spiro atoms. The fraction of sp³-hybridized carbons (Fsp3) is 0. The standard InChI is InChI=1S/C4H3S.ClH.Mn/c1-2-4-5-3-1;;/h1-3H;1H;/q-1;;+2/p-1. The first-order valence-electron chi connectivity index (χ1n) is 1.54. The summed E-state index contributed by atoms with van der Waals surface area (Å²) in [6, 6.07) is 3.86. The second-order valence-electron chi connectivity index (χ2n) is 0.731. The van der Waals surface area contributed by atoms with E-state index < -0.39 is 0 Å². The Bertz CT molecular complexity index is 68.2. The molecule has 1 heterocycles. The average Bonchev–Trinajstić information content (AvgIpc) is 2.23. The minimum atomic E-state index is 1.59. The monoisotopic (exact) mass is 173 g/mol. The summed E-state index contributed by atoms with van der Waals surface area (Å²) < 4.78 is 0. The van der Waals surface area contributed by atoms with Crippen LogP contribution < -0.4 is 0 Å². The van der Waals surface area contributed by atoms with Crippen LogP contribution in [0.4, 0.5) is 0 Å². The first-order valence-corrected chi connectivity index (χ1v) is 4.04. The van der Waals surface area contributed by atoms with Crippen molar-refractivity contribution in [2.45, 2.75) is 0 Å². The molecular weight excluding hydrogens is 171 g/mol. The molecule has 0 saturated heterocycles. The van der Waals surface area contributed by atoms with Gasteiger partial charge in [0.05, 0.1) is 0 Å². The molecule has 1 aromatic heterocycles. The van der Waals surface area contributed by atoms with E-state index in [9.17, 15) is 0 Å². The van der Waals surface area contributed by atoms with Crippen LogP contribution in [0.1, 0.15) is 0 Å². The van der Waals surface area contributed by atoms with Gasteiger partial charge in [-0.1, -0.05) is 0 Å². The Kier molecular flexibility index (Phi) is 6.98. The second-order valence-corrected chi connectivity index (χ2v) is 1.47. The van der Waals surface area contributed by atoms with Gasteiger partial charge in [-0.05, 0) is 0 Å².